The summed E-state index contributed by atoms with van der Waals surface area (Å²) in [5, 5.41) is 7.67. The molecule has 0 amide bonds. The van der Waals surface area contributed by atoms with Gasteiger partial charge in [0.15, 0.2) is 0 Å². The van der Waals surface area contributed by atoms with Gasteiger partial charge >= 0.3 is 0 Å². The molecular weight excluding hydrogens is 350 g/mol. The number of rotatable bonds is 1. The van der Waals surface area contributed by atoms with Crippen LogP contribution < -0.4 is 0 Å². The summed E-state index contributed by atoms with van der Waals surface area (Å²) in [6.45, 7) is 2.20. The van der Waals surface area contributed by atoms with Crippen LogP contribution >= 0.6 is 0 Å². The number of hydrogen-bond donors (Lipinski definition) is 1. The van der Waals surface area contributed by atoms with Crippen LogP contribution in [0.4, 0.5) is 4.39 Å². The predicted molar refractivity (Wildman–Crippen MR) is 24.1 cm³/mol. The molecule has 0 aromatic carbocycles. The Morgan fingerprint density at radius 3 is 1.86 bits per heavy atom. The predicted octanol–water partition coefficient (Wildman–Crippen LogP) is 1.10. The summed E-state index contributed by atoms with van der Waals surface area (Å²) in [7, 11) is 0. The van der Waals surface area contributed by atoms with Crippen molar-refractivity contribution < 1.29 is 9.50 Å². The van der Waals surface area contributed by atoms with E-state index in [0.29, 0.717) is 0 Å². The third-order valence-electron chi connectivity index (χ3n) is 0.172. The molecule has 0 rings (SSSR count). The quantitative estimate of drug-likeness (QED) is 0.744. The van der Waals surface area contributed by atoms with E-state index in [1.165, 1.54) is 0 Å². The average molecular weight is 359 g/mol. The van der Waals surface area contributed by atoms with E-state index in [4.69, 9.17) is 5.11 Å². The van der Waals surface area contributed by atoms with Crippen molar-refractivity contribution in [1.29, 1.82) is 0 Å². The third kappa shape index (κ3) is 80.7. The Kier molecular flexibility index (Phi) is 22.0. The molecule has 0 heterocycles. The molecule has 0 radical (unpaired) electrons. The molecule has 1 N–H and O–H groups in total. The van der Waals surface area contributed by atoms with Gasteiger partial charge in [0.25, 0.3) is 0 Å². The maximum absolute atomic E-state index is 11.0. The van der Waals surface area contributed by atoms with Crippen LogP contribution in [0.15, 0.2) is 12.4 Å². The minimum atomic E-state index is -0.690. The minimum Gasteiger partial charge on any atom is -0.389 e. The molecule has 7 heavy (non-hydrogen) atoms. The van der Waals surface area contributed by atoms with Gasteiger partial charge in [0.1, 0.15) is 5.83 Å². The van der Waals surface area contributed by atoms with E-state index >= 15 is 0 Å². The van der Waals surface area contributed by atoms with Crippen LogP contribution in [0, 0.1) is 0 Å². The maximum Gasteiger partial charge on any atom is 0.118 e. The Balaban J connectivity index is -0.0000000800. The average Bonchev–Trinajstić information content (AvgIpc) is 1.38. The first-order chi connectivity index (χ1) is 2.27. The Labute approximate surface area is 37.1 Å². The van der Waals surface area contributed by atoms with Gasteiger partial charge in [0, 0.05) is 0 Å². The monoisotopic (exact) mass is 359 g/mol. The van der Waals surface area contributed by atoms with Gasteiger partial charge in [-0.15, -0.1) is 0 Å². The van der Waals surface area contributed by atoms with Gasteiger partial charge in [-0.2, -0.15) is 0 Å². The number of halogens is 1. The van der Waals surface area contributed by atoms with Crippen LogP contribution in [0.5, 0.6) is 0 Å². The van der Waals surface area contributed by atoms with Crippen LogP contribution in [0.1, 0.15) is 7.43 Å². The Morgan fingerprint density at radius 1 is 1.71 bits per heavy atom. The van der Waals surface area contributed by atoms with Crippen LogP contribution in [0.25, 0.3) is 0 Å². The molecule has 0 unspecified atom stereocenters. The van der Waals surface area contributed by atoms with E-state index in [0.717, 1.165) is 0 Å². The summed E-state index contributed by atoms with van der Waals surface area (Å²) in [6.07, 6.45) is 0. The van der Waals surface area contributed by atoms with E-state index in [-0.39, 0.29) is 7.43 Å². The second-order valence-electron chi connectivity index (χ2n) is 0.675. The zero-order valence-electron chi connectivity index (χ0n) is 3.45. The van der Waals surface area contributed by atoms with E-state index in [1.54, 1.807) is 0 Å². The SMILES string of the molecule is C.C=C(F)CO.[Rf]. The third-order valence-corrected chi connectivity index (χ3v) is 0.172. The summed E-state index contributed by atoms with van der Waals surface area (Å²) < 4.78 is 11.0. The summed E-state index contributed by atoms with van der Waals surface area (Å²) >= 11 is 0. The number of hydrogen-bond acceptors (Lipinski definition) is 1. The standard InChI is InChI=1S/C3H5FO.CH4.Rf/c1-3(4)2-5;;/h5H,1-2H2;1H4;. The summed E-state index contributed by atoms with van der Waals surface area (Å²) in [4.78, 5) is 0. The summed E-state index contributed by atoms with van der Waals surface area (Å²) in [5.74, 6) is -0.690. The molecule has 0 atom stereocenters. The van der Waals surface area contributed by atoms with Crippen molar-refractivity contribution in [1.82, 2.24) is 0 Å². The number of aliphatic hydroxyl groups is 1. The summed E-state index contributed by atoms with van der Waals surface area (Å²) in [5.41, 5.74) is 0. The van der Waals surface area contributed by atoms with Gasteiger partial charge in [-0.05, 0) is 0 Å². The summed E-state index contributed by atoms with van der Waals surface area (Å²) in [6, 6.07) is 0. The smallest absolute Gasteiger partial charge is 0.118 e. The van der Waals surface area contributed by atoms with Gasteiger partial charge in [-0.25, -0.2) is 4.39 Å². The molecule has 0 aliphatic heterocycles. The molecule has 3 heteroatoms. The first kappa shape index (κ1) is 17.4. The van der Waals surface area contributed by atoms with Crippen LogP contribution in [0.2, 0.25) is 0 Å². The van der Waals surface area contributed by atoms with Crippen LogP contribution in [-0.2, 0) is 0 Å². The molecule has 0 aliphatic carbocycles. The van der Waals surface area contributed by atoms with Crippen molar-refractivity contribution in [3.8, 4) is 0 Å². The van der Waals surface area contributed by atoms with Crippen molar-refractivity contribution in [2.24, 2.45) is 0 Å². The van der Waals surface area contributed by atoms with E-state index < -0.39 is 12.4 Å². The fraction of sp³-hybridized carbons (Fsp3) is 0.500. The largest absolute Gasteiger partial charge is 0.389 e. The molecule has 0 saturated carbocycles. The Morgan fingerprint density at radius 2 is 1.86 bits per heavy atom. The van der Waals surface area contributed by atoms with Crippen molar-refractivity contribution in [2.45, 2.75) is 7.43 Å². The second-order valence-corrected chi connectivity index (χ2v) is 0.675. The molecule has 40 valence electrons. The zero-order chi connectivity index (χ0) is 4.28. The fourth-order valence-electron chi connectivity index (χ4n) is 0. The van der Waals surface area contributed by atoms with Crippen molar-refractivity contribution >= 4 is 0 Å². The van der Waals surface area contributed by atoms with Gasteiger partial charge in [-0.3, -0.25) is 0 Å². The van der Waals surface area contributed by atoms with Crippen LogP contribution in [-0.4, -0.2) is 11.7 Å². The normalized spacial score (nSPS) is 5.43. The van der Waals surface area contributed by atoms with Crippen molar-refractivity contribution in [3.05, 3.63) is 12.4 Å². The second kappa shape index (κ2) is 8.82. The first-order valence-electron chi connectivity index (χ1n) is 1.21. The van der Waals surface area contributed by atoms with Crippen LogP contribution in [0.3, 0.4) is 0 Å². The molecule has 0 aliphatic rings. The zero-order valence-corrected chi connectivity index (χ0v) is 9.85. The van der Waals surface area contributed by atoms with E-state index in [9.17, 15) is 4.39 Å². The molecule has 1 nitrogen and oxygen atoms in total. The molecule has 0 bridgehead atoms. The van der Waals surface area contributed by atoms with Crippen molar-refractivity contribution in [2.75, 3.05) is 6.61 Å². The van der Waals surface area contributed by atoms with Gasteiger partial charge < -0.3 is 5.11 Å². The molecule has 0 fully saturated rings. The first-order valence-corrected chi connectivity index (χ1v) is 1.21. The molecule has 0 saturated heterocycles. The van der Waals surface area contributed by atoms with Crippen molar-refractivity contribution in [3.63, 3.8) is 0 Å². The minimum absolute atomic E-state index is 0. The van der Waals surface area contributed by atoms with E-state index in [2.05, 4.69) is 6.58 Å². The van der Waals surface area contributed by atoms with Gasteiger partial charge in [-0.1, -0.05) is 14.0 Å². The number of aliphatic hydroxyl groups excluding tert-OH is 1. The topological polar surface area (TPSA) is 20.2 Å². The van der Waals surface area contributed by atoms with Gasteiger partial charge in [0.05, 0.1) is 6.61 Å². The fourth-order valence-corrected chi connectivity index (χ4v) is 0. The maximum atomic E-state index is 11.0. The van der Waals surface area contributed by atoms with E-state index in [1.807, 2.05) is 0 Å². The Bertz CT molecular complexity index is 47.0. The molecule has 0 spiro atoms. The van der Waals surface area contributed by atoms with Gasteiger partial charge in [0.2, 0.25) is 0 Å². The molecule has 0 aromatic heterocycles. The molecule has 0 aromatic rings. The molecular formula is C4H9FORf. The Hall–Kier alpha value is -1.37.